The zero-order chi connectivity index (χ0) is 22.0. The van der Waals surface area contributed by atoms with E-state index in [0.29, 0.717) is 0 Å². The molecular formula is C25H30N2O2S2. The summed E-state index contributed by atoms with van der Waals surface area (Å²) in [6, 6.07) is 12.3. The van der Waals surface area contributed by atoms with E-state index in [1.807, 2.05) is 29.6 Å². The van der Waals surface area contributed by atoms with Gasteiger partial charge in [0.1, 0.15) is 10.8 Å². The molecule has 6 heteroatoms. The molecule has 0 radical (unpaired) electrons. The molecule has 1 aromatic carbocycles. The summed E-state index contributed by atoms with van der Waals surface area (Å²) in [6.45, 7) is 8.79. The normalized spacial score (nSPS) is 16.3. The van der Waals surface area contributed by atoms with Gasteiger partial charge in [0.25, 0.3) is 5.91 Å². The molecule has 31 heavy (non-hydrogen) atoms. The Morgan fingerprint density at radius 2 is 1.87 bits per heavy atom. The number of hydrogen-bond acceptors (Lipinski definition) is 5. The number of hydrogen-bond donors (Lipinski definition) is 1. The van der Waals surface area contributed by atoms with Crippen molar-refractivity contribution >= 4 is 33.6 Å². The summed E-state index contributed by atoms with van der Waals surface area (Å²) < 4.78 is 5.39. The van der Waals surface area contributed by atoms with Gasteiger partial charge in [-0.25, -0.2) is 0 Å². The van der Waals surface area contributed by atoms with Gasteiger partial charge >= 0.3 is 0 Å². The summed E-state index contributed by atoms with van der Waals surface area (Å²) in [5, 5.41) is 6.14. The van der Waals surface area contributed by atoms with Gasteiger partial charge in [0.15, 0.2) is 0 Å². The molecule has 164 valence electrons. The second-order valence-electron chi connectivity index (χ2n) is 8.35. The Balaban J connectivity index is 1.75. The topological polar surface area (TPSA) is 41.6 Å². The molecule has 1 amide bonds. The average Bonchev–Trinajstić information content (AvgIpc) is 3.40. The van der Waals surface area contributed by atoms with Crippen molar-refractivity contribution in [3.8, 4) is 5.75 Å². The van der Waals surface area contributed by atoms with E-state index in [1.165, 1.54) is 45.7 Å². The lowest BCUT2D eigenvalue weighted by Gasteiger charge is -2.38. The van der Waals surface area contributed by atoms with Crippen LogP contribution in [0.25, 0.3) is 0 Å². The monoisotopic (exact) mass is 454 g/mol. The summed E-state index contributed by atoms with van der Waals surface area (Å²) in [7, 11) is 1.70. The first-order valence-corrected chi connectivity index (χ1v) is 12.5. The predicted molar refractivity (Wildman–Crippen MR) is 131 cm³/mol. The van der Waals surface area contributed by atoms with E-state index in [2.05, 4.69) is 43.1 Å². The van der Waals surface area contributed by atoms with E-state index >= 15 is 0 Å². The van der Waals surface area contributed by atoms with E-state index < -0.39 is 0 Å². The molecule has 0 aliphatic carbocycles. The van der Waals surface area contributed by atoms with Gasteiger partial charge in [-0.05, 0) is 80.4 Å². The van der Waals surface area contributed by atoms with Crippen LogP contribution in [0, 0.1) is 19.8 Å². The minimum Gasteiger partial charge on any atom is -0.497 e. The van der Waals surface area contributed by atoms with Crippen LogP contribution in [0.5, 0.6) is 5.75 Å². The minimum atomic E-state index is -0.0294. The van der Waals surface area contributed by atoms with Crippen LogP contribution in [0.15, 0.2) is 41.8 Å². The predicted octanol–water partition coefficient (Wildman–Crippen LogP) is 6.51. The van der Waals surface area contributed by atoms with Gasteiger partial charge in [0.05, 0.1) is 18.0 Å². The Bertz CT molecular complexity index is 1020. The van der Waals surface area contributed by atoms with Crippen molar-refractivity contribution in [3.63, 3.8) is 0 Å². The summed E-state index contributed by atoms with van der Waals surface area (Å²) in [5.41, 5.74) is 3.74. The highest BCUT2D eigenvalue weighted by molar-refractivity contribution is 7.17. The number of aryl methyl sites for hydroxylation is 1. The fourth-order valence-electron chi connectivity index (χ4n) is 4.27. The molecule has 1 atom stereocenters. The van der Waals surface area contributed by atoms with Crippen molar-refractivity contribution in [2.24, 2.45) is 5.92 Å². The zero-order valence-electron chi connectivity index (χ0n) is 18.6. The van der Waals surface area contributed by atoms with Crippen molar-refractivity contribution in [2.75, 3.05) is 25.5 Å². The fraction of sp³-hybridized carbons (Fsp3) is 0.400. The number of amides is 1. The molecule has 0 spiro atoms. The average molecular weight is 455 g/mol. The molecule has 1 aliphatic rings. The van der Waals surface area contributed by atoms with Gasteiger partial charge in [-0.1, -0.05) is 25.1 Å². The van der Waals surface area contributed by atoms with E-state index in [-0.39, 0.29) is 11.9 Å². The number of carbonyl (C=O) groups is 1. The molecule has 1 saturated heterocycles. The highest BCUT2D eigenvalue weighted by atomic mass is 32.1. The first-order valence-electron chi connectivity index (χ1n) is 10.8. The molecule has 0 bridgehead atoms. The van der Waals surface area contributed by atoms with Gasteiger partial charge < -0.3 is 10.1 Å². The van der Waals surface area contributed by atoms with Crippen LogP contribution in [-0.4, -0.2) is 31.0 Å². The number of methoxy groups -OCH3 is 1. The van der Waals surface area contributed by atoms with E-state index in [1.54, 1.807) is 18.4 Å². The molecule has 0 saturated carbocycles. The molecule has 4 rings (SSSR count). The number of anilines is 1. The van der Waals surface area contributed by atoms with Crippen molar-refractivity contribution in [2.45, 2.75) is 39.7 Å². The highest BCUT2D eigenvalue weighted by Gasteiger charge is 2.31. The second-order valence-corrected chi connectivity index (χ2v) is 10.5. The standard InChI is InChI=1S/C25H30N2O2S2/c1-16-11-13-27(14-12-16)23(19-7-9-20(29-4)10-8-19)22-17(2)18(3)31-25(22)26-24(28)21-6-5-15-30-21/h5-10,15-16,23H,11-14H2,1-4H3,(H,26,28). The van der Waals surface area contributed by atoms with Crippen LogP contribution in [0.3, 0.4) is 0 Å². The lowest BCUT2D eigenvalue weighted by molar-refractivity contribution is 0.103. The number of ether oxygens (including phenoxy) is 1. The van der Waals surface area contributed by atoms with Crippen LogP contribution >= 0.6 is 22.7 Å². The number of nitrogens with one attached hydrogen (secondary N) is 1. The van der Waals surface area contributed by atoms with E-state index in [9.17, 15) is 4.79 Å². The molecule has 3 aromatic rings. The zero-order valence-corrected chi connectivity index (χ0v) is 20.2. The van der Waals surface area contributed by atoms with Crippen molar-refractivity contribution in [3.05, 3.63) is 68.2 Å². The second kappa shape index (κ2) is 9.55. The first-order chi connectivity index (χ1) is 15.0. The number of thiophene rings is 2. The number of nitrogens with zero attached hydrogens (tertiary/aromatic N) is 1. The summed E-state index contributed by atoms with van der Waals surface area (Å²) >= 11 is 3.16. The number of piperidine rings is 1. The molecule has 4 nitrogen and oxygen atoms in total. The van der Waals surface area contributed by atoms with Crippen LogP contribution in [0.4, 0.5) is 5.00 Å². The van der Waals surface area contributed by atoms with Gasteiger partial charge in [0, 0.05) is 10.4 Å². The third-order valence-electron chi connectivity index (χ3n) is 6.29. The maximum atomic E-state index is 12.9. The number of carbonyl (C=O) groups excluding carboxylic acids is 1. The van der Waals surface area contributed by atoms with Crippen molar-refractivity contribution < 1.29 is 9.53 Å². The fourth-order valence-corrected chi connectivity index (χ4v) is 5.98. The first kappa shape index (κ1) is 22.1. The third-order valence-corrected chi connectivity index (χ3v) is 8.30. The summed E-state index contributed by atoms with van der Waals surface area (Å²) in [5.74, 6) is 1.59. The van der Waals surface area contributed by atoms with Crippen molar-refractivity contribution in [1.29, 1.82) is 0 Å². The highest BCUT2D eigenvalue weighted by Crippen LogP contribution is 2.43. The van der Waals surface area contributed by atoms with Crippen LogP contribution in [0.2, 0.25) is 0 Å². The number of rotatable bonds is 6. The molecular weight excluding hydrogens is 424 g/mol. The lowest BCUT2D eigenvalue weighted by atomic mass is 9.91. The van der Waals surface area contributed by atoms with Crippen molar-refractivity contribution in [1.82, 2.24) is 4.90 Å². The molecule has 1 unspecified atom stereocenters. The minimum absolute atomic E-state index is 0.0294. The molecule has 1 fully saturated rings. The van der Waals surface area contributed by atoms with Gasteiger partial charge in [0.2, 0.25) is 0 Å². The Morgan fingerprint density at radius 1 is 1.16 bits per heavy atom. The Morgan fingerprint density at radius 3 is 2.48 bits per heavy atom. The summed E-state index contributed by atoms with van der Waals surface area (Å²) in [4.78, 5) is 17.5. The maximum Gasteiger partial charge on any atom is 0.266 e. The molecule has 2 aromatic heterocycles. The van der Waals surface area contributed by atoms with Gasteiger partial charge in [-0.15, -0.1) is 22.7 Å². The van der Waals surface area contributed by atoms with Crippen LogP contribution in [-0.2, 0) is 0 Å². The van der Waals surface area contributed by atoms with E-state index in [4.69, 9.17) is 4.74 Å². The molecule has 1 N–H and O–H groups in total. The molecule has 3 heterocycles. The van der Waals surface area contributed by atoms with Gasteiger partial charge in [-0.2, -0.15) is 0 Å². The Labute approximate surface area is 192 Å². The quantitative estimate of drug-likeness (QED) is 0.462. The SMILES string of the molecule is COc1ccc(C(c2c(NC(=O)c3cccs3)sc(C)c2C)N2CCC(C)CC2)cc1. The third kappa shape index (κ3) is 4.71. The smallest absolute Gasteiger partial charge is 0.266 e. The lowest BCUT2D eigenvalue weighted by Crippen LogP contribution is -2.37. The van der Waals surface area contributed by atoms with Crippen LogP contribution in [0.1, 0.15) is 57.0 Å². The van der Waals surface area contributed by atoms with E-state index in [0.717, 1.165) is 34.6 Å². The Hall–Kier alpha value is -2.15. The summed E-state index contributed by atoms with van der Waals surface area (Å²) in [6.07, 6.45) is 2.40. The maximum absolute atomic E-state index is 12.9. The molecule has 1 aliphatic heterocycles. The number of benzene rings is 1. The number of likely N-dealkylation sites (tertiary alicyclic amines) is 1. The van der Waals surface area contributed by atoms with Gasteiger partial charge in [-0.3, -0.25) is 9.69 Å². The van der Waals surface area contributed by atoms with Crippen LogP contribution < -0.4 is 10.1 Å². The Kier molecular flexibility index (Phi) is 6.80. The largest absolute Gasteiger partial charge is 0.497 e.